The van der Waals surface area contributed by atoms with Crippen LogP contribution in [0.3, 0.4) is 0 Å². The molecule has 0 saturated carbocycles. The Labute approximate surface area is 160 Å². The van der Waals surface area contributed by atoms with Gasteiger partial charge in [-0.25, -0.2) is 9.18 Å². The lowest BCUT2D eigenvalue weighted by Crippen LogP contribution is -2.41. The van der Waals surface area contributed by atoms with E-state index >= 15 is 0 Å². The lowest BCUT2D eigenvalue weighted by atomic mass is 10.0. The number of ether oxygens (including phenoxy) is 1. The molecule has 0 spiro atoms. The van der Waals surface area contributed by atoms with Gasteiger partial charge >= 0.3 is 5.97 Å². The second kappa shape index (κ2) is 7.96. The van der Waals surface area contributed by atoms with Gasteiger partial charge in [0.05, 0.1) is 23.0 Å². The number of aromatic carboxylic acids is 1. The largest absolute Gasteiger partial charge is 0.482 e. The van der Waals surface area contributed by atoms with Gasteiger partial charge in [-0.2, -0.15) is 5.10 Å². The molecule has 1 aliphatic heterocycles. The van der Waals surface area contributed by atoms with Gasteiger partial charge in [-0.1, -0.05) is 11.6 Å². The lowest BCUT2D eigenvalue weighted by Gasteiger charge is -2.32. The summed E-state index contributed by atoms with van der Waals surface area (Å²) in [4.78, 5) is 25.2. The van der Waals surface area contributed by atoms with Crippen molar-refractivity contribution in [3.8, 4) is 5.75 Å². The first-order chi connectivity index (χ1) is 12.9. The zero-order valence-electron chi connectivity index (χ0n) is 14.7. The zero-order chi connectivity index (χ0) is 19.6. The second-order valence-electron chi connectivity index (χ2n) is 6.37. The molecule has 1 fully saturated rings. The number of likely N-dealkylation sites (tertiary alicyclic amines) is 1. The van der Waals surface area contributed by atoms with Crippen LogP contribution < -0.4 is 4.74 Å². The second-order valence-corrected chi connectivity index (χ2v) is 6.78. The molecule has 1 aromatic carbocycles. The summed E-state index contributed by atoms with van der Waals surface area (Å²) in [6.45, 7) is 2.59. The molecule has 2 aromatic rings. The van der Waals surface area contributed by atoms with Crippen LogP contribution in [0, 0.1) is 12.7 Å². The van der Waals surface area contributed by atoms with E-state index in [1.165, 1.54) is 18.3 Å². The topological polar surface area (TPSA) is 84.7 Å². The molecular formula is C18H19ClFN3O4. The maximum Gasteiger partial charge on any atom is 0.339 e. The molecule has 0 aliphatic carbocycles. The van der Waals surface area contributed by atoms with Crippen molar-refractivity contribution in [2.45, 2.75) is 25.8 Å². The SMILES string of the molecule is Cc1c(C(=O)O)cnn1C1CCN(C(=O)COc2ccc(F)cc2Cl)CC1. The van der Waals surface area contributed by atoms with Gasteiger partial charge in [-0.3, -0.25) is 9.48 Å². The smallest absolute Gasteiger partial charge is 0.339 e. The zero-order valence-corrected chi connectivity index (χ0v) is 15.4. The standard InChI is InChI=1S/C18H19ClFN3O4/c1-11-14(18(25)26)9-21-23(11)13-4-6-22(7-5-13)17(24)10-27-16-3-2-12(20)8-15(16)19/h2-3,8-9,13H,4-7,10H2,1H3,(H,25,26). The van der Waals surface area contributed by atoms with Crippen molar-refractivity contribution in [1.29, 1.82) is 0 Å². The summed E-state index contributed by atoms with van der Waals surface area (Å²) in [6.07, 6.45) is 2.70. The third kappa shape index (κ3) is 4.21. The number of rotatable bonds is 5. The van der Waals surface area contributed by atoms with Gasteiger partial charge in [0.15, 0.2) is 6.61 Å². The third-order valence-electron chi connectivity index (χ3n) is 4.68. The number of piperidine rings is 1. The van der Waals surface area contributed by atoms with Gasteiger partial charge in [0.2, 0.25) is 0 Å². The monoisotopic (exact) mass is 395 g/mol. The lowest BCUT2D eigenvalue weighted by molar-refractivity contribution is -0.134. The molecule has 2 heterocycles. The summed E-state index contributed by atoms with van der Waals surface area (Å²) < 4.78 is 20.1. The fourth-order valence-electron chi connectivity index (χ4n) is 3.18. The summed E-state index contributed by atoms with van der Waals surface area (Å²) >= 11 is 5.88. The molecule has 1 aliphatic rings. The highest BCUT2D eigenvalue weighted by atomic mass is 35.5. The minimum atomic E-state index is -0.997. The van der Waals surface area contributed by atoms with Gasteiger partial charge in [-0.05, 0) is 38.0 Å². The van der Waals surface area contributed by atoms with Crippen LogP contribution in [0.2, 0.25) is 5.02 Å². The van der Waals surface area contributed by atoms with Gasteiger partial charge in [0.25, 0.3) is 5.91 Å². The Morgan fingerprint density at radius 2 is 2.07 bits per heavy atom. The molecule has 0 atom stereocenters. The minimum absolute atomic E-state index is 0.0506. The molecule has 1 N–H and O–H groups in total. The van der Waals surface area contributed by atoms with Gasteiger partial charge < -0.3 is 14.7 Å². The fourth-order valence-corrected chi connectivity index (χ4v) is 3.41. The number of aromatic nitrogens is 2. The van der Waals surface area contributed by atoms with Crippen molar-refractivity contribution in [2.75, 3.05) is 19.7 Å². The maximum absolute atomic E-state index is 13.0. The van der Waals surface area contributed by atoms with E-state index < -0.39 is 11.8 Å². The van der Waals surface area contributed by atoms with Crippen LogP contribution >= 0.6 is 11.6 Å². The number of amides is 1. The highest BCUT2D eigenvalue weighted by Crippen LogP contribution is 2.26. The summed E-state index contributed by atoms with van der Waals surface area (Å²) in [5.74, 6) is -1.39. The van der Waals surface area contributed by atoms with Crippen LogP contribution in [0.1, 0.15) is 34.9 Å². The van der Waals surface area contributed by atoms with E-state index in [0.29, 0.717) is 31.6 Å². The van der Waals surface area contributed by atoms with Crippen LogP contribution in [-0.4, -0.2) is 51.4 Å². The number of hydrogen-bond acceptors (Lipinski definition) is 4. The van der Waals surface area contributed by atoms with Crippen LogP contribution in [0.25, 0.3) is 0 Å². The Hall–Kier alpha value is -2.61. The van der Waals surface area contributed by atoms with Gasteiger partial charge in [0.1, 0.15) is 17.1 Å². The fraction of sp³-hybridized carbons (Fsp3) is 0.389. The van der Waals surface area contributed by atoms with E-state index in [0.717, 1.165) is 6.07 Å². The number of carbonyl (C=O) groups excluding carboxylic acids is 1. The van der Waals surface area contributed by atoms with E-state index in [1.807, 2.05) is 0 Å². The molecule has 3 rings (SSSR count). The van der Waals surface area contributed by atoms with Crippen molar-refractivity contribution >= 4 is 23.5 Å². The molecule has 0 unspecified atom stereocenters. The first kappa shape index (κ1) is 19.2. The molecule has 144 valence electrons. The number of hydrogen-bond donors (Lipinski definition) is 1. The van der Waals surface area contributed by atoms with Crippen molar-refractivity contribution in [3.05, 3.63) is 46.5 Å². The highest BCUT2D eigenvalue weighted by molar-refractivity contribution is 6.32. The predicted octanol–water partition coefficient (Wildman–Crippen LogP) is 2.92. The molecule has 7 nitrogen and oxygen atoms in total. The van der Waals surface area contributed by atoms with E-state index in [4.69, 9.17) is 21.4 Å². The summed E-state index contributed by atoms with van der Waals surface area (Å²) in [7, 11) is 0. The quantitative estimate of drug-likeness (QED) is 0.841. The Bertz CT molecular complexity index is 862. The molecule has 27 heavy (non-hydrogen) atoms. The van der Waals surface area contributed by atoms with Gasteiger partial charge in [-0.15, -0.1) is 0 Å². The first-order valence-corrected chi connectivity index (χ1v) is 8.87. The molecule has 0 bridgehead atoms. The van der Waals surface area contributed by atoms with Crippen LogP contribution in [0.4, 0.5) is 4.39 Å². The minimum Gasteiger partial charge on any atom is -0.482 e. The van der Waals surface area contributed by atoms with Crippen molar-refractivity contribution in [2.24, 2.45) is 0 Å². The average Bonchev–Trinajstić information content (AvgIpc) is 3.02. The average molecular weight is 396 g/mol. The van der Waals surface area contributed by atoms with E-state index in [2.05, 4.69) is 5.10 Å². The van der Waals surface area contributed by atoms with Crippen molar-refractivity contribution in [3.63, 3.8) is 0 Å². The summed E-state index contributed by atoms with van der Waals surface area (Å²) in [5.41, 5.74) is 0.805. The third-order valence-corrected chi connectivity index (χ3v) is 4.98. The molecule has 9 heteroatoms. The van der Waals surface area contributed by atoms with Crippen molar-refractivity contribution < 1.29 is 23.8 Å². The summed E-state index contributed by atoms with van der Waals surface area (Å²) in [6, 6.07) is 3.78. The number of halogens is 2. The van der Waals surface area contributed by atoms with Crippen LogP contribution in [0.15, 0.2) is 24.4 Å². The highest BCUT2D eigenvalue weighted by Gasteiger charge is 2.26. The molecule has 1 aromatic heterocycles. The Kier molecular flexibility index (Phi) is 5.65. The number of nitrogens with zero attached hydrogens (tertiary/aromatic N) is 3. The van der Waals surface area contributed by atoms with Gasteiger partial charge in [0, 0.05) is 13.1 Å². The molecule has 0 radical (unpaired) electrons. The first-order valence-electron chi connectivity index (χ1n) is 8.50. The molecular weight excluding hydrogens is 377 g/mol. The Morgan fingerprint density at radius 3 is 2.67 bits per heavy atom. The molecule has 1 amide bonds. The Balaban J connectivity index is 1.54. The van der Waals surface area contributed by atoms with Crippen LogP contribution in [-0.2, 0) is 4.79 Å². The van der Waals surface area contributed by atoms with E-state index in [9.17, 15) is 14.0 Å². The molecule has 1 saturated heterocycles. The maximum atomic E-state index is 13.0. The normalized spacial score (nSPS) is 15.0. The van der Waals surface area contributed by atoms with E-state index in [-0.39, 0.29) is 34.9 Å². The number of benzene rings is 1. The van der Waals surface area contributed by atoms with Crippen molar-refractivity contribution in [1.82, 2.24) is 14.7 Å². The number of carbonyl (C=O) groups is 2. The number of carboxylic acids is 1. The predicted molar refractivity (Wildman–Crippen MR) is 95.7 cm³/mol. The van der Waals surface area contributed by atoms with E-state index in [1.54, 1.807) is 16.5 Å². The van der Waals surface area contributed by atoms with Crippen LogP contribution in [0.5, 0.6) is 5.75 Å². The Morgan fingerprint density at radius 1 is 1.37 bits per heavy atom. The number of carboxylic acid groups (broad SMARTS) is 1. The summed E-state index contributed by atoms with van der Waals surface area (Å²) in [5, 5.41) is 13.4.